The molecule has 7 nitrogen and oxygen atoms in total. The lowest BCUT2D eigenvalue weighted by atomic mass is 9.94. The van der Waals surface area contributed by atoms with Gasteiger partial charge < -0.3 is 20.1 Å². The highest BCUT2D eigenvalue weighted by atomic mass is 35.5. The molecule has 0 bridgehead atoms. The van der Waals surface area contributed by atoms with Gasteiger partial charge in [-0.25, -0.2) is 4.79 Å². The summed E-state index contributed by atoms with van der Waals surface area (Å²) in [5.41, 5.74) is 3.02. The molecule has 1 atom stereocenters. The van der Waals surface area contributed by atoms with Crippen LogP contribution in [0, 0.1) is 5.92 Å². The van der Waals surface area contributed by atoms with Gasteiger partial charge in [0.05, 0.1) is 15.6 Å². The molecule has 2 amide bonds. The molecule has 0 aromatic heterocycles. The van der Waals surface area contributed by atoms with Crippen LogP contribution >= 0.6 is 23.2 Å². The predicted octanol–water partition coefficient (Wildman–Crippen LogP) is 4.46. The topological polar surface area (TPSA) is 95.9 Å². The number of carboxylic acids is 1. The highest BCUT2D eigenvalue weighted by Crippen LogP contribution is 2.26. The van der Waals surface area contributed by atoms with Gasteiger partial charge in [0.15, 0.2) is 0 Å². The first-order valence-corrected chi connectivity index (χ1v) is 12.7. The number of hydrogen-bond donors (Lipinski definition) is 2. The zero-order valence-corrected chi connectivity index (χ0v) is 21.2. The van der Waals surface area contributed by atoms with E-state index in [1.165, 1.54) is 12.1 Å². The van der Waals surface area contributed by atoms with E-state index in [2.05, 4.69) is 11.4 Å². The molecule has 1 fully saturated rings. The SMILES string of the molecule is O=C(N[C@@H](Cc1ccc(C2=CCN(C(=O)C3CCOCC3)CC2)cc1)C(=O)O)c1c(Cl)cccc1Cl. The molecule has 0 saturated carbocycles. The van der Waals surface area contributed by atoms with Crippen molar-refractivity contribution < 1.29 is 24.2 Å². The van der Waals surface area contributed by atoms with E-state index >= 15 is 0 Å². The summed E-state index contributed by atoms with van der Waals surface area (Å²) in [5, 5.41) is 12.5. The Hall–Kier alpha value is -2.87. The van der Waals surface area contributed by atoms with E-state index in [1.54, 1.807) is 6.07 Å². The standard InChI is InChI=1S/C27H28Cl2N2O5/c28-21-2-1-3-22(29)24(21)25(32)30-23(27(34)35)16-17-4-6-18(7-5-17)19-8-12-31(13-9-19)26(33)20-10-14-36-15-11-20/h1-8,20,23H,9-16H2,(H,30,32)(H,34,35)/t23-/m0/s1. The fourth-order valence-corrected chi connectivity index (χ4v) is 5.14. The summed E-state index contributed by atoms with van der Waals surface area (Å²) in [4.78, 5) is 39.1. The minimum Gasteiger partial charge on any atom is -0.480 e. The minimum atomic E-state index is -1.15. The van der Waals surface area contributed by atoms with Crippen LogP contribution in [0.25, 0.3) is 5.57 Å². The summed E-state index contributed by atoms with van der Waals surface area (Å²) >= 11 is 12.2. The second-order valence-electron chi connectivity index (χ2n) is 9.01. The summed E-state index contributed by atoms with van der Waals surface area (Å²) < 4.78 is 5.36. The van der Waals surface area contributed by atoms with Gasteiger partial charge >= 0.3 is 5.97 Å². The average molecular weight is 531 g/mol. The molecule has 0 unspecified atom stereocenters. The number of rotatable bonds is 7. The summed E-state index contributed by atoms with van der Waals surface area (Å²) in [5.74, 6) is -1.52. The molecule has 0 radical (unpaired) electrons. The van der Waals surface area contributed by atoms with Crippen LogP contribution in [0.1, 0.15) is 40.7 Å². The highest BCUT2D eigenvalue weighted by Gasteiger charge is 2.28. The number of nitrogens with zero attached hydrogens (tertiary/aromatic N) is 1. The summed E-state index contributed by atoms with van der Waals surface area (Å²) in [6, 6.07) is 11.1. The molecule has 190 valence electrons. The smallest absolute Gasteiger partial charge is 0.326 e. The lowest BCUT2D eigenvalue weighted by Crippen LogP contribution is -2.42. The van der Waals surface area contributed by atoms with Crippen LogP contribution < -0.4 is 5.32 Å². The van der Waals surface area contributed by atoms with Gasteiger partial charge in [-0.15, -0.1) is 0 Å². The van der Waals surface area contributed by atoms with E-state index in [9.17, 15) is 19.5 Å². The molecule has 36 heavy (non-hydrogen) atoms. The van der Waals surface area contributed by atoms with Crippen LogP contribution in [0.3, 0.4) is 0 Å². The Morgan fingerprint density at radius 3 is 2.31 bits per heavy atom. The van der Waals surface area contributed by atoms with Gasteiger partial charge in [0, 0.05) is 38.6 Å². The predicted molar refractivity (Wildman–Crippen MR) is 138 cm³/mol. The van der Waals surface area contributed by atoms with Gasteiger partial charge in [0.25, 0.3) is 5.91 Å². The van der Waals surface area contributed by atoms with E-state index < -0.39 is 17.9 Å². The zero-order chi connectivity index (χ0) is 25.7. The molecule has 1 saturated heterocycles. The van der Waals surface area contributed by atoms with Gasteiger partial charge in [-0.2, -0.15) is 0 Å². The second-order valence-corrected chi connectivity index (χ2v) is 9.83. The van der Waals surface area contributed by atoms with E-state index in [-0.39, 0.29) is 33.9 Å². The van der Waals surface area contributed by atoms with Gasteiger partial charge in [0.1, 0.15) is 6.04 Å². The Bertz CT molecular complexity index is 1140. The number of benzene rings is 2. The number of carbonyl (C=O) groups excluding carboxylic acids is 2. The van der Waals surface area contributed by atoms with Crippen LogP contribution in [-0.2, 0) is 20.7 Å². The lowest BCUT2D eigenvalue weighted by molar-refractivity contribution is -0.139. The fraction of sp³-hybridized carbons (Fsp3) is 0.370. The van der Waals surface area contributed by atoms with E-state index in [1.807, 2.05) is 29.2 Å². The number of nitrogens with one attached hydrogen (secondary N) is 1. The molecule has 4 rings (SSSR count). The monoisotopic (exact) mass is 530 g/mol. The van der Waals surface area contributed by atoms with Crippen molar-refractivity contribution in [3.63, 3.8) is 0 Å². The van der Waals surface area contributed by atoms with Crippen LogP contribution in [-0.4, -0.2) is 60.1 Å². The van der Waals surface area contributed by atoms with Gasteiger partial charge in [0.2, 0.25) is 5.91 Å². The van der Waals surface area contributed by atoms with Crippen molar-refractivity contribution in [2.75, 3.05) is 26.3 Å². The van der Waals surface area contributed by atoms with Crippen molar-refractivity contribution in [2.45, 2.75) is 31.7 Å². The summed E-state index contributed by atoms with van der Waals surface area (Å²) in [6.07, 6.45) is 4.53. The first kappa shape index (κ1) is 26.2. The number of carbonyl (C=O) groups is 3. The molecule has 2 N–H and O–H groups in total. The third kappa shape index (κ3) is 6.27. The third-order valence-electron chi connectivity index (χ3n) is 6.65. The van der Waals surface area contributed by atoms with Crippen molar-refractivity contribution in [3.05, 3.63) is 75.3 Å². The second kappa shape index (κ2) is 11.9. The van der Waals surface area contributed by atoms with Crippen molar-refractivity contribution in [3.8, 4) is 0 Å². The van der Waals surface area contributed by atoms with Gasteiger partial charge in [-0.05, 0) is 48.1 Å². The molecule has 2 aromatic carbocycles. The maximum absolute atomic E-state index is 12.8. The molecule has 2 aliphatic rings. The van der Waals surface area contributed by atoms with Crippen LogP contribution in [0.15, 0.2) is 48.5 Å². The zero-order valence-electron chi connectivity index (χ0n) is 19.7. The molecule has 2 aliphatic heterocycles. The molecular weight excluding hydrogens is 503 g/mol. The van der Waals surface area contributed by atoms with Crippen LogP contribution in [0.5, 0.6) is 0 Å². The third-order valence-corrected chi connectivity index (χ3v) is 7.28. The average Bonchev–Trinajstić information content (AvgIpc) is 2.89. The molecular formula is C27H28Cl2N2O5. The number of ether oxygens (including phenoxy) is 1. The fourth-order valence-electron chi connectivity index (χ4n) is 4.57. The normalized spacial score (nSPS) is 17.3. The van der Waals surface area contributed by atoms with Crippen molar-refractivity contribution in [1.82, 2.24) is 10.2 Å². The lowest BCUT2D eigenvalue weighted by Gasteiger charge is -2.31. The molecule has 0 aliphatic carbocycles. The van der Waals surface area contributed by atoms with Crippen molar-refractivity contribution in [2.24, 2.45) is 5.92 Å². The quantitative estimate of drug-likeness (QED) is 0.550. The summed E-state index contributed by atoms with van der Waals surface area (Å²) in [6.45, 7) is 2.57. The van der Waals surface area contributed by atoms with Crippen molar-refractivity contribution in [1.29, 1.82) is 0 Å². The molecule has 2 aromatic rings. The number of aliphatic carboxylic acids is 1. The molecule has 0 spiro atoms. The van der Waals surface area contributed by atoms with Crippen LogP contribution in [0.2, 0.25) is 10.0 Å². The first-order valence-electron chi connectivity index (χ1n) is 12.0. The molecule has 2 heterocycles. The molecule has 9 heteroatoms. The number of hydrogen-bond acceptors (Lipinski definition) is 4. The Kier molecular flexibility index (Phi) is 8.67. The Labute approximate surface area is 220 Å². The van der Waals surface area contributed by atoms with Crippen molar-refractivity contribution >= 4 is 46.6 Å². The highest BCUT2D eigenvalue weighted by molar-refractivity contribution is 6.39. The maximum atomic E-state index is 12.8. The van der Waals surface area contributed by atoms with E-state index in [4.69, 9.17) is 27.9 Å². The number of carboxylic acid groups (broad SMARTS) is 1. The van der Waals surface area contributed by atoms with Gasteiger partial charge in [-0.3, -0.25) is 9.59 Å². The minimum absolute atomic E-state index is 0.0519. The Morgan fingerprint density at radius 1 is 1.06 bits per heavy atom. The largest absolute Gasteiger partial charge is 0.480 e. The van der Waals surface area contributed by atoms with E-state index in [0.717, 1.165) is 36.0 Å². The maximum Gasteiger partial charge on any atom is 0.326 e. The number of halogens is 2. The Balaban J connectivity index is 1.37. The Morgan fingerprint density at radius 2 is 1.72 bits per heavy atom. The van der Waals surface area contributed by atoms with Crippen LogP contribution in [0.4, 0.5) is 0 Å². The van der Waals surface area contributed by atoms with Gasteiger partial charge in [-0.1, -0.05) is 59.6 Å². The van der Waals surface area contributed by atoms with E-state index in [0.29, 0.717) is 26.3 Å². The summed E-state index contributed by atoms with van der Waals surface area (Å²) in [7, 11) is 0. The number of amides is 2. The first-order chi connectivity index (χ1) is 17.3.